The van der Waals surface area contributed by atoms with Gasteiger partial charge < -0.3 is 14.7 Å². The predicted octanol–water partition coefficient (Wildman–Crippen LogP) is 2.44. The minimum atomic E-state index is -0.418. The number of rotatable bonds is 2. The highest BCUT2D eigenvalue weighted by atomic mass is 19.1. The van der Waals surface area contributed by atoms with Crippen molar-refractivity contribution >= 4 is 5.91 Å². The quantitative estimate of drug-likeness (QED) is 0.910. The largest absolute Gasteiger partial charge is 0.393 e. The first-order chi connectivity index (χ1) is 11.0. The van der Waals surface area contributed by atoms with Crippen LogP contribution in [0.4, 0.5) is 4.39 Å². The zero-order chi connectivity index (χ0) is 16.6. The number of likely N-dealkylation sites (tertiary alicyclic amines) is 1. The lowest BCUT2D eigenvalue weighted by Gasteiger charge is -2.37. The van der Waals surface area contributed by atoms with Crippen LogP contribution >= 0.6 is 0 Å². The molecule has 2 aliphatic heterocycles. The molecule has 0 aromatic heterocycles. The average Bonchev–Trinajstić information content (AvgIpc) is 3.01. The first-order valence-electron chi connectivity index (χ1n) is 8.32. The Morgan fingerprint density at radius 2 is 2.00 bits per heavy atom. The van der Waals surface area contributed by atoms with E-state index in [4.69, 9.17) is 4.74 Å². The maximum atomic E-state index is 13.8. The van der Waals surface area contributed by atoms with Gasteiger partial charge in [-0.3, -0.25) is 4.79 Å². The summed E-state index contributed by atoms with van der Waals surface area (Å²) in [6.07, 6.45) is 2.02. The van der Waals surface area contributed by atoms with Crippen LogP contribution in [-0.4, -0.2) is 47.8 Å². The molecular weight excluding hydrogens is 297 g/mol. The van der Waals surface area contributed by atoms with Crippen molar-refractivity contribution in [3.05, 3.63) is 34.6 Å². The topological polar surface area (TPSA) is 49.8 Å². The van der Waals surface area contributed by atoms with E-state index in [-0.39, 0.29) is 23.7 Å². The summed E-state index contributed by atoms with van der Waals surface area (Å²) in [6.45, 7) is 5.12. The second-order valence-corrected chi connectivity index (χ2v) is 6.73. The standard InChI is InChI=1S/C18H24FNO3/c1-11-8-13(9-12(2)17(11)19)18(22)20-6-3-4-15(20)14-10-23-7-5-16(14)21/h8-9,14-16,21H,3-7,10H2,1-2H3/t14-,15-,16-/m1/s1. The van der Waals surface area contributed by atoms with E-state index < -0.39 is 6.10 Å². The van der Waals surface area contributed by atoms with Gasteiger partial charge in [0, 0.05) is 30.7 Å². The molecule has 0 spiro atoms. The van der Waals surface area contributed by atoms with Gasteiger partial charge in [-0.1, -0.05) is 0 Å². The van der Waals surface area contributed by atoms with Crippen molar-refractivity contribution < 1.29 is 19.0 Å². The molecule has 126 valence electrons. The van der Waals surface area contributed by atoms with E-state index in [1.54, 1.807) is 26.0 Å². The highest BCUT2D eigenvalue weighted by Crippen LogP contribution is 2.31. The SMILES string of the molecule is Cc1cc(C(=O)N2CCC[C@@H]2[C@H]2COCC[C@H]2O)cc(C)c1F. The third-order valence-corrected chi connectivity index (χ3v) is 5.10. The van der Waals surface area contributed by atoms with Gasteiger partial charge in [-0.15, -0.1) is 0 Å². The number of ether oxygens (including phenoxy) is 1. The third kappa shape index (κ3) is 3.12. The monoisotopic (exact) mass is 321 g/mol. The lowest BCUT2D eigenvalue weighted by Crippen LogP contribution is -2.48. The van der Waals surface area contributed by atoms with Crippen LogP contribution < -0.4 is 0 Å². The van der Waals surface area contributed by atoms with Crippen molar-refractivity contribution in [1.29, 1.82) is 0 Å². The maximum Gasteiger partial charge on any atom is 0.254 e. The van der Waals surface area contributed by atoms with Crippen LogP contribution in [0.15, 0.2) is 12.1 Å². The summed E-state index contributed by atoms with van der Waals surface area (Å²) in [5.41, 5.74) is 1.51. The van der Waals surface area contributed by atoms with Crippen molar-refractivity contribution in [1.82, 2.24) is 4.90 Å². The third-order valence-electron chi connectivity index (χ3n) is 5.10. The van der Waals surface area contributed by atoms with Crippen molar-refractivity contribution in [2.24, 2.45) is 5.92 Å². The first kappa shape index (κ1) is 16.4. The molecular formula is C18H24FNO3. The molecule has 0 aliphatic carbocycles. The van der Waals surface area contributed by atoms with Gasteiger partial charge in [0.1, 0.15) is 5.82 Å². The predicted molar refractivity (Wildman–Crippen MR) is 84.9 cm³/mol. The van der Waals surface area contributed by atoms with Gasteiger partial charge in [0.05, 0.1) is 12.7 Å². The lowest BCUT2D eigenvalue weighted by molar-refractivity contribution is -0.0589. The van der Waals surface area contributed by atoms with E-state index in [0.29, 0.717) is 42.9 Å². The van der Waals surface area contributed by atoms with Gasteiger partial charge in [0.2, 0.25) is 0 Å². The fraction of sp³-hybridized carbons (Fsp3) is 0.611. The smallest absolute Gasteiger partial charge is 0.254 e. The van der Waals surface area contributed by atoms with Crippen LogP contribution in [0.1, 0.15) is 40.7 Å². The van der Waals surface area contributed by atoms with Crippen LogP contribution in [0, 0.1) is 25.6 Å². The number of amides is 1. The van der Waals surface area contributed by atoms with Gasteiger partial charge in [-0.2, -0.15) is 0 Å². The highest BCUT2D eigenvalue weighted by molar-refractivity contribution is 5.95. The van der Waals surface area contributed by atoms with Crippen LogP contribution in [0.25, 0.3) is 0 Å². The first-order valence-corrected chi connectivity index (χ1v) is 8.32. The second kappa shape index (κ2) is 6.57. The molecule has 3 rings (SSSR count). The Bertz CT molecular complexity index is 581. The minimum Gasteiger partial charge on any atom is -0.393 e. The zero-order valence-electron chi connectivity index (χ0n) is 13.7. The normalized spacial score (nSPS) is 28.2. The molecule has 1 aromatic rings. The summed E-state index contributed by atoms with van der Waals surface area (Å²) < 4.78 is 19.3. The summed E-state index contributed by atoms with van der Waals surface area (Å²) >= 11 is 0. The van der Waals surface area contributed by atoms with Crippen molar-refractivity contribution in [2.45, 2.75) is 45.3 Å². The van der Waals surface area contributed by atoms with Crippen LogP contribution in [0.3, 0.4) is 0 Å². The molecule has 1 amide bonds. The Hall–Kier alpha value is -1.46. The van der Waals surface area contributed by atoms with Crippen molar-refractivity contribution in [3.63, 3.8) is 0 Å². The number of carbonyl (C=O) groups is 1. The van der Waals surface area contributed by atoms with E-state index in [1.807, 2.05) is 4.90 Å². The Labute approximate surface area is 136 Å². The van der Waals surface area contributed by atoms with Crippen LogP contribution in [-0.2, 0) is 4.74 Å². The summed E-state index contributed by atoms with van der Waals surface area (Å²) in [6, 6.07) is 3.24. The number of aryl methyl sites for hydroxylation is 2. The molecule has 3 atom stereocenters. The number of nitrogens with zero attached hydrogens (tertiary/aromatic N) is 1. The molecule has 1 N–H and O–H groups in total. The molecule has 5 heteroatoms. The van der Waals surface area contributed by atoms with Gasteiger partial charge >= 0.3 is 0 Å². The minimum absolute atomic E-state index is 0.00321. The van der Waals surface area contributed by atoms with E-state index in [1.165, 1.54) is 0 Å². The molecule has 0 radical (unpaired) electrons. The van der Waals surface area contributed by atoms with E-state index in [0.717, 1.165) is 12.8 Å². The summed E-state index contributed by atoms with van der Waals surface area (Å²) in [4.78, 5) is 14.7. The number of hydrogen-bond acceptors (Lipinski definition) is 3. The molecule has 1 aromatic carbocycles. The molecule has 2 fully saturated rings. The Kier molecular flexibility index (Phi) is 4.69. The van der Waals surface area contributed by atoms with Crippen LogP contribution in [0.2, 0.25) is 0 Å². The fourth-order valence-electron chi connectivity index (χ4n) is 3.84. The summed E-state index contributed by atoms with van der Waals surface area (Å²) in [5, 5.41) is 10.3. The Balaban J connectivity index is 1.83. The van der Waals surface area contributed by atoms with Gasteiger partial charge in [0.25, 0.3) is 5.91 Å². The fourth-order valence-corrected chi connectivity index (χ4v) is 3.84. The van der Waals surface area contributed by atoms with E-state index in [9.17, 15) is 14.3 Å². The van der Waals surface area contributed by atoms with Crippen molar-refractivity contribution in [3.8, 4) is 0 Å². The Morgan fingerprint density at radius 1 is 1.30 bits per heavy atom. The number of benzene rings is 1. The molecule has 0 unspecified atom stereocenters. The molecule has 0 bridgehead atoms. The number of halogens is 1. The molecule has 2 aliphatic rings. The van der Waals surface area contributed by atoms with E-state index >= 15 is 0 Å². The zero-order valence-corrected chi connectivity index (χ0v) is 13.7. The van der Waals surface area contributed by atoms with Gasteiger partial charge in [-0.05, 0) is 56.4 Å². The molecule has 2 saturated heterocycles. The van der Waals surface area contributed by atoms with Crippen molar-refractivity contribution in [2.75, 3.05) is 19.8 Å². The number of carbonyl (C=O) groups excluding carboxylic acids is 1. The molecule has 4 nitrogen and oxygen atoms in total. The Morgan fingerprint density at radius 3 is 2.65 bits per heavy atom. The molecule has 0 saturated carbocycles. The highest BCUT2D eigenvalue weighted by Gasteiger charge is 2.39. The summed E-state index contributed by atoms with van der Waals surface area (Å²) in [7, 11) is 0. The maximum absolute atomic E-state index is 13.8. The lowest BCUT2D eigenvalue weighted by atomic mass is 9.89. The summed E-state index contributed by atoms with van der Waals surface area (Å²) in [5.74, 6) is -0.357. The molecule has 23 heavy (non-hydrogen) atoms. The number of hydrogen-bond donors (Lipinski definition) is 1. The average molecular weight is 321 g/mol. The van der Waals surface area contributed by atoms with Gasteiger partial charge in [-0.25, -0.2) is 4.39 Å². The number of aliphatic hydroxyl groups excluding tert-OH is 1. The van der Waals surface area contributed by atoms with Gasteiger partial charge in [0.15, 0.2) is 0 Å². The van der Waals surface area contributed by atoms with Crippen LogP contribution in [0.5, 0.6) is 0 Å². The van der Waals surface area contributed by atoms with E-state index in [2.05, 4.69) is 0 Å². The second-order valence-electron chi connectivity index (χ2n) is 6.73. The number of aliphatic hydroxyl groups is 1. The molecule has 2 heterocycles.